The van der Waals surface area contributed by atoms with Crippen molar-refractivity contribution in [3.8, 4) is 0 Å². The zero-order valence-electron chi connectivity index (χ0n) is 12.8. The Labute approximate surface area is 128 Å². The second-order valence-corrected chi connectivity index (χ2v) is 5.56. The number of aromatic nitrogens is 2. The highest BCUT2D eigenvalue weighted by molar-refractivity contribution is 5.91. The molecule has 1 aliphatic heterocycles. The molecule has 2 aromatic rings. The van der Waals surface area contributed by atoms with Crippen LogP contribution in [-0.2, 0) is 4.79 Å². The molecule has 0 unspecified atom stereocenters. The molecule has 2 aromatic heterocycles. The molecule has 0 radical (unpaired) electrons. The first-order valence-electron chi connectivity index (χ1n) is 7.45. The lowest BCUT2D eigenvalue weighted by Crippen LogP contribution is -2.36. The molecule has 6 nitrogen and oxygen atoms in total. The van der Waals surface area contributed by atoms with Gasteiger partial charge in [0.1, 0.15) is 11.5 Å². The third kappa shape index (κ3) is 3.27. The maximum Gasteiger partial charge on any atom is 0.246 e. The fourth-order valence-electron chi connectivity index (χ4n) is 2.63. The Morgan fingerprint density at radius 3 is 2.68 bits per heavy atom. The minimum Gasteiger partial charge on any atom is -0.462 e. The van der Waals surface area contributed by atoms with E-state index in [1.165, 1.54) is 0 Å². The summed E-state index contributed by atoms with van der Waals surface area (Å²) in [5.74, 6) is 3.14. The smallest absolute Gasteiger partial charge is 0.246 e. The first kappa shape index (κ1) is 14.6. The molecule has 1 fully saturated rings. The van der Waals surface area contributed by atoms with Crippen LogP contribution in [0.4, 0.5) is 0 Å². The van der Waals surface area contributed by atoms with Crippen LogP contribution in [0, 0.1) is 13.8 Å². The normalized spacial score (nSPS) is 16.5. The molecule has 3 heterocycles. The number of carbonyl (C=O) groups excluding carboxylic acids is 1. The van der Waals surface area contributed by atoms with Crippen LogP contribution >= 0.6 is 0 Å². The van der Waals surface area contributed by atoms with E-state index in [-0.39, 0.29) is 11.8 Å². The molecule has 1 amide bonds. The van der Waals surface area contributed by atoms with E-state index in [9.17, 15) is 4.79 Å². The average Bonchev–Trinajstić information content (AvgIpc) is 3.13. The number of aryl methyl sites for hydroxylation is 2. The van der Waals surface area contributed by atoms with Gasteiger partial charge in [-0.25, -0.2) is 0 Å². The molecule has 0 saturated carbocycles. The summed E-state index contributed by atoms with van der Waals surface area (Å²) >= 11 is 0. The number of amides is 1. The van der Waals surface area contributed by atoms with Crippen LogP contribution in [0.5, 0.6) is 0 Å². The lowest BCUT2D eigenvalue weighted by atomic mass is 9.96. The van der Waals surface area contributed by atoms with Crippen molar-refractivity contribution in [2.75, 3.05) is 13.1 Å². The Hall–Kier alpha value is -2.37. The second-order valence-electron chi connectivity index (χ2n) is 5.56. The topological polar surface area (TPSA) is 72.4 Å². The standard InChI is InChI=1S/C16H19N3O3/c1-11-3-4-14(21-11)5-6-15(20)19-9-7-13(8-10-19)16-17-12(2)18-22-16/h3-6,13H,7-10H2,1-2H3/b6-5+. The maximum atomic E-state index is 12.2. The minimum absolute atomic E-state index is 0.00853. The third-order valence-electron chi connectivity index (χ3n) is 3.85. The lowest BCUT2D eigenvalue weighted by molar-refractivity contribution is -0.127. The van der Waals surface area contributed by atoms with Gasteiger partial charge >= 0.3 is 0 Å². The van der Waals surface area contributed by atoms with E-state index in [0.29, 0.717) is 30.6 Å². The van der Waals surface area contributed by atoms with E-state index in [0.717, 1.165) is 18.6 Å². The van der Waals surface area contributed by atoms with Crippen molar-refractivity contribution < 1.29 is 13.7 Å². The molecule has 22 heavy (non-hydrogen) atoms. The van der Waals surface area contributed by atoms with E-state index < -0.39 is 0 Å². The molecule has 0 aromatic carbocycles. The summed E-state index contributed by atoms with van der Waals surface area (Å²) in [6, 6.07) is 3.73. The first-order chi connectivity index (χ1) is 10.6. The van der Waals surface area contributed by atoms with E-state index in [4.69, 9.17) is 8.94 Å². The van der Waals surface area contributed by atoms with Gasteiger partial charge in [0.05, 0.1) is 0 Å². The fourth-order valence-corrected chi connectivity index (χ4v) is 2.63. The minimum atomic E-state index is 0.00853. The Balaban J connectivity index is 1.54. The van der Waals surface area contributed by atoms with Crippen molar-refractivity contribution in [3.63, 3.8) is 0 Å². The average molecular weight is 301 g/mol. The van der Waals surface area contributed by atoms with Crippen molar-refractivity contribution in [3.05, 3.63) is 41.4 Å². The zero-order valence-corrected chi connectivity index (χ0v) is 12.8. The van der Waals surface area contributed by atoms with E-state index in [1.807, 2.05) is 30.9 Å². The molecule has 6 heteroatoms. The van der Waals surface area contributed by atoms with Gasteiger partial charge in [0.2, 0.25) is 11.8 Å². The van der Waals surface area contributed by atoms with Gasteiger partial charge in [-0.05, 0) is 44.9 Å². The van der Waals surface area contributed by atoms with Crippen LogP contribution in [0.25, 0.3) is 6.08 Å². The predicted octanol–water partition coefficient (Wildman–Crippen LogP) is 2.70. The van der Waals surface area contributed by atoms with Crippen LogP contribution in [0.15, 0.2) is 27.1 Å². The Bertz CT molecular complexity index is 678. The van der Waals surface area contributed by atoms with Crippen LogP contribution in [0.2, 0.25) is 0 Å². The monoisotopic (exact) mass is 301 g/mol. The van der Waals surface area contributed by atoms with E-state index >= 15 is 0 Å². The van der Waals surface area contributed by atoms with Crippen molar-refractivity contribution in [2.45, 2.75) is 32.6 Å². The summed E-state index contributed by atoms with van der Waals surface area (Å²) in [6.07, 6.45) is 4.97. The summed E-state index contributed by atoms with van der Waals surface area (Å²) in [7, 11) is 0. The van der Waals surface area contributed by atoms with Gasteiger partial charge in [-0.15, -0.1) is 0 Å². The highest BCUT2D eigenvalue weighted by Crippen LogP contribution is 2.26. The maximum absolute atomic E-state index is 12.2. The van der Waals surface area contributed by atoms with Gasteiger partial charge in [0, 0.05) is 25.1 Å². The highest BCUT2D eigenvalue weighted by atomic mass is 16.5. The first-order valence-corrected chi connectivity index (χ1v) is 7.45. The van der Waals surface area contributed by atoms with Crippen molar-refractivity contribution in [1.82, 2.24) is 15.0 Å². The fraction of sp³-hybridized carbons (Fsp3) is 0.438. The molecule has 0 atom stereocenters. The number of rotatable bonds is 3. The third-order valence-corrected chi connectivity index (χ3v) is 3.85. The Morgan fingerprint density at radius 1 is 1.32 bits per heavy atom. The largest absolute Gasteiger partial charge is 0.462 e. The number of hydrogen-bond acceptors (Lipinski definition) is 5. The van der Waals surface area contributed by atoms with Gasteiger partial charge in [-0.2, -0.15) is 4.98 Å². The number of nitrogens with zero attached hydrogens (tertiary/aromatic N) is 3. The molecule has 0 N–H and O–H groups in total. The van der Waals surface area contributed by atoms with Gasteiger partial charge in [-0.3, -0.25) is 4.79 Å². The number of carbonyl (C=O) groups is 1. The van der Waals surface area contributed by atoms with Crippen LogP contribution in [0.3, 0.4) is 0 Å². The zero-order chi connectivity index (χ0) is 15.5. The summed E-state index contributed by atoms with van der Waals surface area (Å²) in [5, 5.41) is 3.82. The number of piperidine rings is 1. The lowest BCUT2D eigenvalue weighted by Gasteiger charge is -2.29. The summed E-state index contributed by atoms with van der Waals surface area (Å²) in [4.78, 5) is 18.3. The summed E-state index contributed by atoms with van der Waals surface area (Å²) < 4.78 is 10.6. The molecule has 1 saturated heterocycles. The Morgan fingerprint density at radius 2 is 2.09 bits per heavy atom. The van der Waals surface area contributed by atoms with E-state index in [2.05, 4.69) is 10.1 Å². The summed E-state index contributed by atoms with van der Waals surface area (Å²) in [6.45, 7) is 5.09. The molecular formula is C16H19N3O3. The number of hydrogen-bond donors (Lipinski definition) is 0. The molecule has 0 aliphatic carbocycles. The van der Waals surface area contributed by atoms with Crippen LogP contribution < -0.4 is 0 Å². The number of likely N-dealkylation sites (tertiary alicyclic amines) is 1. The SMILES string of the molecule is Cc1noc(C2CCN(C(=O)/C=C/c3ccc(C)o3)CC2)n1. The van der Waals surface area contributed by atoms with Crippen LogP contribution in [-0.4, -0.2) is 34.0 Å². The highest BCUT2D eigenvalue weighted by Gasteiger charge is 2.26. The number of furan rings is 1. The van der Waals surface area contributed by atoms with Gasteiger partial charge in [0.15, 0.2) is 5.82 Å². The van der Waals surface area contributed by atoms with Crippen molar-refractivity contribution in [1.29, 1.82) is 0 Å². The molecule has 0 bridgehead atoms. The van der Waals surface area contributed by atoms with Crippen molar-refractivity contribution >= 4 is 12.0 Å². The summed E-state index contributed by atoms with van der Waals surface area (Å²) in [5.41, 5.74) is 0. The molecule has 116 valence electrons. The quantitative estimate of drug-likeness (QED) is 0.815. The van der Waals surface area contributed by atoms with Gasteiger partial charge < -0.3 is 13.8 Å². The predicted molar refractivity (Wildman–Crippen MR) is 80.1 cm³/mol. The van der Waals surface area contributed by atoms with Gasteiger partial charge in [-0.1, -0.05) is 5.16 Å². The molecule has 1 aliphatic rings. The van der Waals surface area contributed by atoms with Crippen molar-refractivity contribution in [2.24, 2.45) is 0 Å². The molecule has 3 rings (SSSR count). The second kappa shape index (κ2) is 6.17. The van der Waals surface area contributed by atoms with E-state index in [1.54, 1.807) is 12.2 Å². The van der Waals surface area contributed by atoms with Crippen LogP contribution in [0.1, 0.15) is 42.0 Å². The molecular weight excluding hydrogens is 282 g/mol. The molecule has 0 spiro atoms. The Kier molecular flexibility index (Phi) is 4.09. The van der Waals surface area contributed by atoms with Gasteiger partial charge in [0.25, 0.3) is 0 Å².